The van der Waals surface area contributed by atoms with Gasteiger partial charge >= 0.3 is 6.36 Å². The van der Waals surface area contributed by atoms with E-state index in [-0.39, 0.29) is 10.8 Å². The molecule has 1 aromatic carbocycles. The molecule has 0 bridgehead atoms. The zero-order valence-electron chi connectivity index (χ0n) is 9.98. The lowest BCUT2D eigenvalue weighted by molar-refractivity contribution is -0.274. The molecular formula is C12H15ClF3NO. The van der Waals surface area contributed by atoms with Gasteiger partial charge < -0.3 is 10.5 Å². The highest BCUT2D eigenvalue weighted by Crippen LogP contribution is 2.34. The maximum Gasteiger partial charge on any atom is 0.573 e. The molecule has 0 aliphatic heterocycles. The van der Waals surface area contributed by atoms with Crippen molar-refractivity contribution in [3.05, 3.63) is 28.3 Å². The zero-order valence-corrected chi connectivity index (χ0v) is 10.7. The first kappa shape index (κ1) is 15.1. The molecule has 102 valence electrons. The van der Waals surface area contributed by atoms with Crippen molar-refractivity contribution in [2.45, 2.75) is 32.5 Å². The van der Waals surface area contributed by atoms with Crippen molar-refractivity contribution in [2.75, 3.05) is 6.54 Å². The van der Waals surface area contributed by atoms with Gasteiger partial charge in [0.25, 0.3) is 0 Å². The summed E-state index contributed by atoms with van der Waals surface area (Å²) in [4.78, 5) is 0. The summed E-state index contributed by atoms with van der Waals surface area (Å²) >= 11 is 5.79. The number of alkyl halides is 3. The standard InChI is InChI=1S/C12H15ClF3NO/c1-8-6-9(4-2-3-5-17)7-10(11(8)13)18-12(14,15)16/h6-7H,2-5,17H2,1H3. The van der Waals surface area contributed by atoms with Crippen LogP contribution in [0.5, 0.6) is 5.75 Å². The van der Waals surface area contributed by atoms with Gasteiger partial charge in [-0.05, 0) is 49.9 Å². The van der Waals surface area contributed by atoms with Crippen LogP contribution in [-0.4, -0.2) is 12.9 Å². The van der Waals surface area contributed by atoms with Gasteiger partial charge in [0.05, 0.1) is 5.02 Å². The van der Waals surface area contributed by atoms with Crippen LogP contribution in [0.1, 0.15) is 24.0 Å². The monoisotopic (exact) mass is 281 g/mol. The minimum atomic E-state index is -4.73. The molecule has 0 spiro atoms. The molecule has 0 saturated carbocycles. The lowest BCUT2D eigenvalue weighted by Gasteiger charge is -2.13. The van der Waals surface area contributed by atoms with Crippen molar-refractivity contribution < 1.29 is 17.9 Å². The Morgan fingerprint density at radius 2 is 1.94 bits per heavy atom. The van der Waals surface area contributed by atoms with Crippen LogP contribution < -0.4 is 10.5 Å². The number of halogens is 4. The van der Waals surface area contributed by atoms with Gasteiger partial charge in [0, 0.05) is 0 Å². The van der Waals surface area contributed by atoms with Gasteiger partial charge in [0.1, 0.15) is 5.75 Å². The molecule has 0 aromatic heterocycles. The summed E-state index contributed by atoms with van der Waals surface area (Å²) < 4.78 is 40.5. The van der Waals surface area contributed by atoms with Crippen LogP contribution in [0, 0.1) is 6.92 Å². The van der Waals surface area contributed by atoms with Gasteiger partial charge in [0.15, 0.2) is 0 Å². The molecule has 0 saturated heterocycles. The van der Waals surface area contributed by atoms with Crippen LogP contribution in [0.25, 0.3) is 0 Å². The fraction of sp³-hybridized carbons (Fsp3) is 0.500. The molecule has 6 heteroatoms. The highest BCUT2D eigenvalue weighted by Gasteiger charge is 2.32. The number of ether oxygens (including phenoxy) is 1. The van der Waals surface area contributed by atoms with Crippen LogP contribution >= 0.6 is 11.6 Å². The van der Waals surface area contributed by atoms with Crippen LogP contribution in [0.3, 0.4) is 0 Å². The molecule has 0 unspecified atom stereocenters. The molecular weight excluding hydrogens is 267 g/mol. The second-order valence-corrected chi connectivity index (χ2v) is 4.40. The first-order valence-corrected chi connectivity index (χ1v) is 5.96. The van der Waals surface area contributed by atoms with Crippen LogP contribution in [0.4, 0.5) is 13.2 Å². The molecule has 0 aliphatic carbocycles. The average molecular weight is 282 g/mol. The Morgan fingerprint density at radius 3 is 2.50 bits per heavy atom. The van der Waals surface area contributed by atoms with Gasteiger partial charge in [-0.15, -0.1) is 13.2 Å². The topological polar surface area (TPSA) is 35.2 Å². The Hall–Kier alpha value is -0.940. The van der Waals surface area contributed by atoms with Crippen LogP contribution in [0.15, 0.2) is 12.1 Å². The summed E-state index contributed by atoms with van der Waals surface area (Å²) in [5.74, 6) is -0.341. The zero-order chi connectivity index (χ0) is 13.8. The molecule has 1 aromatic rings. The number of hydrogen-bond donors (Lipinski definition) is 1. The van der Waals surface area contributed by atoms with E-state index in [0.717, 1.165) is 18.4 Å². The summed E-state index contributed by atoms with van der Waals surface area (Å²) in [6.45, 7) is 2.22. The average Bonchev–Trinajstić information content (AvgIpc) is 2.23. The fourth-order valence-corrected chi connectivity index (χ4v) is 1.77. The first-order valence-electron chi connectivity index (χ1n) is 5.58. The Bertz CT molecular complexity index is 407. The van der Waals surface area contributed by atoms with E-state index >= 15 is 0 Å². The van der Waals surface area contributed by atoms with Crippen molar-refractivity contribution >= 4 is 11.6 Å². The summed E-state index contributed by atoms with van der Waals surface area (Å²) in [7, 11) is 0. The molecule has 2 nitrogen and oxygen atoms in total. The number of hydrogen-bond acceptors (Lipinski definition) is 2. The Morgan fingerprint density at radius 1 is 1.28 bits per heavy atom. The van der Waals surface area contributed by atoms with E-state index in [4.69, 9.17) is 17.3 Å². The molecule has 0 atom stereocenters. The van der Waals surface area contributed by atoms with E-state index in [1.54, 1.807) is 13.0 Å². The third kappa shape index (κ3) is 4.74. The molecule has 0 amide bonds. The lowest BCUT2D eigenvalue weighted by Crippen LogP contribution is -2.17. The molecule has 0 fully saturated rings. The second-order valence-electron chi connectivity index (χ2n) is 4.02. The minimum Gasteiger partial charge on any atom is -0.404 e. The largest absolute Gasteiger partial charge is 0.573 e. The predicted molar refractivity (Wildman–Crippen MR) is 64.9 cm³/mol. The summed E-state index contributed by atoms with van der Waals surface area (Å²) in [5.41, 5.74) is 6.70. The van der Waals surface area contributed by atoms with Crippen molar-refractivity contribution in [2.24, 2.45) is 5.73 Å². The SMILES string of the molecule is Cc1cc(CCCCN)cc(OC(F)(F)F)c1Cl. The maximum absolute atomic E-state index is 12.2. The lowest BCUT2D eigenvalue weighted by atomic mass is 10.1. The number of unbranched alkanes of at least 4 members (excludes halogenated alkanes) is 1. The summed E-state index contributed by atoms with van der Waals surface area (Å²) in [6.07, 6.45) is -2.42. The number of nitrogens with two attached hydrogens (primary N) is 1. The quantitative estimate of drug-likeness (QED) is 0.833. The Kier molecular flexibility index (Phi) is 5.28. The van der Waals surface area contributed by atoms with Gasteiger partial charge in [-0.1, -0.05) is 17.7 Å². The molecule has 0 heterocycles. The van der Waals surface area contributed by atoms with E-state index in [2.05, 4.69) is 4.74 Å². The number of rotatable bonds is 5. The van der Waals surface area contributed by atoms with Gasteiger partial charge in [-0.2, -0.15) is 0 Å². The van der Waals surface area contributed by atoms with E-state index < -0.39 is 6.36 Å². The number of aryl methyl sites for hydroxylation is 2. The van der Waals surface area contributed by atoms with Crippen LogP contribution in [-0.2, 0) is 6.42 Å². The van der Waals surface area contributed by atoms with Crippen molar-refractivity contribution in [1.29, 1.82) is 0 Å². The third-order valence-corrected chi connectivity index (χ3v) is 2.91. The smallest absolute Gasteiger partial charge is 0.404 e. The van der Waals surface area contributed by atoms with E-state index in [0.29, 0.717) is 18.5 Å². The molecule has 1 rings (SSSR count). The Labute approximate surface area is 109 Å². The normalized spacial score (nSPS) is 11.7. The summed E-state index contributed by atoms with van der Waals surface area (Å²) in [6, 6.07) is 3.10. The fourth-order valence-electron chi connectivity index (χ4n) is 1.63. The predicted octanol–water partition coefficient (Wildman–Crippen LogP) is 3.83. The highest BCUT2D eigenvalue weighted by molar-refractivity contribution is 6.32. The maximum atomic E-state index is 12.2. The van der Waals surface area contributed by atoms with E-state index in [9.17, 15) is 13.2 Å². The van der Waals surface area contributed by atoms with Crippen molar-refractivity contribution in [3.63, 3.8) is 0 Å². The molecule has 0 aliphatic rings. The van der Waals surface area contributed by atoms with Gasteiger partial charge in [-0.3, -0.25) is 0 Å². The molecule has 0 radical (unpaired) electrons. The van der Waals surface area contributed by atoms with E-state index in [1.165, 1.54) is 6.07 Å². The van der Waals surface area contributed by atoms with Gasteiger partial charge in [-0.25, -0.2) is 0 Å². The highest BCUT2D eigenvalue weighted by atomic mass is 35.5. The minimum absolute atomic E-state index is 0.00472. The number of benzene rings is 1. The second kappa shape index (κ2) is 6.29. The van der Waals surface area contributed by atoms with Gasteiger partial charge in [0.2, 0.25) is 0 Å². The van der Waals surface area contributed by atoms with Crippen LogP contribution in [0.2, 0.25) is 5.02 Å². The third-order valence-electron chi connectivity index (χ3n) is 2.43. The van der Waals surface area contributed by atoms with E-state index in [1.807, 2.05) is 0 Å². The van der Waals surface area contributed by atoms with Crippen molar-refractivity contribution in [1.82, 2.24) is 0 Å². The molecule has 18 heavy (non-hydrogen) atoms. The molecule has 2 N–H and O–H groups in total. The summed E-state index contributed by atoms with van der Waals surface area (Å²) in [5, 5.41) is -0.00472. The van der Waals surface area contributed by atoms with Crippen molar-refractivity contribution in [3.8, 4) is 5.75 Å². The Balaban J connectivity index is 2.88. The first-order chi connectivity index (χ1) is 8.33.